The largest absolute Gasteiger partial charge is 0.391 e. The summed E-state index contributed by atoms with van der Waals surface area (Å²) in [5, 5.41) is 16.6. The molecule has 0 aliphatic carbocycles. The molecule has 0 spiro atoms. The van der Waals surface area contributed by atoms with Gasteiger partial charge in [0.1, 0.15) is 0 Å². The average Bonchev–Trinajstić information content (AvgIpc) is 2.95. The van der Waals surface area contributed by atoms with Gasteiger partial charge in [-0.1, -0.05) is 31.5 Å². The molecule has 112 valence electrons. The molecule has 0 radical (unpaired) electrons. The molecule has 1 atom stereocenters. The van der Waals surface area contributed by atoms with Crippen molar-refractivity contribution in [1.29, 1.82) is 0 Å². The van der Waals surface area contributed by atoms with E-state index < -0.39 is 6.10 Å². The third kappa shape index (κ3) is 3.92. The molecule has 1 amide bonds. The molecule has 21 heavy (non-hydrogen) atoms. The summed E-state index contributed by atoms with van der Waals surface area (Å²) in [7, 11) is 0. The smallest absolute Gasteiger partial charge is 0.254 e. The van der Waals surface area contributed by atoms with Crippen molar-refractivity contribution in [3.8, 4) is 5.69 Å². The number of aryl methyl sites for hydroxylation is 1. The summed E-state index contributed by atoms with van der Waals surface area (Å²) < 4.78 is 1.69. The van der Waals surface area contributed by atoms with Crippen LogP contribution in [0.4, 0.5) is 0 Å². The van der Waals surface area contributed by atoms with Gasteiger partial charge in [-0.05, 0) is 25.0 Å². The molecule has 0 bridgehead atoms. The molecule has 0 aliphatic heterocycles. The van der Waals surface area contributed by atoms with E-state index in [1.807, 2.05) is 38.1 Å². The molecule has 0 aliphatic rings. The van der Waals surface area contributed by atoms with Crippen molar-refractivity contribution in [2.75, 3.05) is 6.54 Å². The Bertz CT molecular complexity index is 607. The standard InChI is InChI=1S/C16H21N3O2/c1-3-6-14(20)10-17-16(21)13-9-18-19(11-13)15-8-5-4-7-12(15)2/h4-5,7-9,11,14,20H,3,6,10H2,1-2H3,(H,17,21). The number of aliphatic hydroxyl groups excluding tert-OH is 1. The van der Waals surface area contributed by atoms with E-state index in [9.17, 15) is 9.90 Å². The number of rotatable bonds is 6. The number of carbonyl (C=O) groups excluding carboxylic acids is 1. The van der Waals surface area contributed by atoms with Gasteiger partial charge in [0.25, 0.3) is 5.91 Å². The molecule has 5 heteroatoms. The van der Waals surface area contributed by atoms with Crippen molar-refractivity contribution in [3.05, 3.63) is 47.8 Å². The Balaban J connectivity index is 2.03. The predicted octanol–water partition coefficient (Wildman–Crippen LogP) is 2.07. The van der Waals surface area contributed by atoms with Crippen LogP contribution in [0.25, 0.3) is 5.69 Å². The summed E-state index contributed by atoms with van der Waals surface area (Å²) in [6, 6.07) is 7.85. The van der Waals surface area contributed by atoms with Crippen molar-refractivity contribution in [2.24, 2.45) is 0 Å². The summed E-state index contributed by atoms with van der Waals surface area (Å²) in [6.45, 7) is 4.26. The summed E-state index contributed by atoms with van der Waals surface area (Å²) in [4.78, 5) is 12.0. The minimum atomic E-state index is -0.495. The predicted molar refractivity (Wildman–Crippen MR) is 81.5 cm³/mol. The van der Waals surface area contributed by atoms with E-state index in [4.69, 9.17) is 0 Å². The Morgan fingerprint density at radius 2 is 2.19 bits per heavy atom. The highest BCUT2D eigenvalue weighted by Crippen LogP contribution is 2.13. The molecule has 0 saturated heterocycles. The molecule has 1 aromatic carbocycles. The highest BCUT2D eigenvalue weighted by atomic mass is 16.3. The number of benzene rings is 1. The Labute approximate surface area is 124 Å². The quantitative estimate of drug-likeness (QED) is 0.854. The second kappa shape index (κ2) is 7.04. The average molecular weight is 287 g/mol. The van der Waals surface area contributed by atoms with E-state index in [-0.39, 0.29) is 12.5 Å². The van der Waals surface area contributed by atoms with E-state index in [1.165, 1.54) is 6.20 Å². The van der Waals surface area contributed by atoms with Gasteiger partial charge < -0.3 is 10.4 Å². The van der Waals surface area contributed by atoms with Crippen LogP contribution < -0.4 is 5.32 Å². The summed E-state index contributed by atoms with van der Waals surface area (Å²) in [6.07, 6.45) is 4.31. The van der Waals surface area contributed by atoms with Crippen LogP contribution in [-0.4, -0.2) is 33.4 Å². The van der Waals surface area contributed by atoms with Crippen LogP contribution >= 0.6 is 0 Å². The molecule has 2 N–H and O–H groups in total. The molecular weight excluding hydrogens is 266 g/mol. The lowest BCUT2D eigenvalue weighted by Crippen LogP contribution is -2.31. The summed E-state index contributed by atoms with van der Waals surface area (Å²) >= 11 is 0. The molecule has 1 heterocycles. The maximum absolute atomic E-state index is 12.0. The van der Waals surface area contributed by atoms with E-state index >= 15 is 0 Å². The van der Waals surface area contributed by atoms with Gasteiger partial charge in [0.15, 0.2) is 0 Å². The second-order valence-corrected chi connectivity index (χ2v) is 5.11. The van der Waals surface area contributed by atoms with Gasteiger partial charge in [-0.25, -0.2) is 4.68 Å². The molecule has 1 aromatic heterocycles. The summed E-state index contributed by atoms with van der Waals surface area (Å²) in [5.74, 6) is -0.218. The highest BCUT2D eigenvalue weighted by Gasteiger charge is 2.11. The number of hydrogen-bond donors (Lipinski definition) is 2. The highest BCUT2D eigenvalue weighted by molar-refractivity contribution is 5.93. The van der Waals surface area contributed by atoms with Gasteiger partial charge in [0, 0.05) is 12.7 Å². The number of carbonyl (C=O) groups is 1. The van der Waals surface area contributed by atoms with Crippen LogP contribution in [0, 0.1) is 6.92 Å². The van der Waals surface area contributed by atoms with E-state index in [0.29, 0.717) is 12.0 Å². The third-order valence-electron chi connectivity index (χ3n) is 3.33. The number of nitrogens with one attached hydrogen (secondary N) is 1. The Kier molecular flexibility index (Phi) is 5.11. The van der Waals surface area contributed by atoms with E-state index in [1.54, 1.807) is 10.9 Å². The molecule has 0 saturated carbocycles. The van der Waals surface area contributed by atoms with Crippen LogP contribution in [0.5, 0.6) is 0 Å². The molecule has 2 aromatic rings. The lowest BCUT2D eigenvalue weighted by Gasteiger charge is -2.09. The maximum atomic E-state index is 12.0. The number of amides is 1. The van der Waals surface area contributed by atoms with Gasteiger partial charge in [0.05, 0.1) is 23.6 Å². The van der Waals surface area contributed by atoms with Gasteiger partial charge in [-0.3, -0.25) is 4.79 Å². The van der Waals surface area contributed by atoms with Crippen LogP contribution in [0.1, 0.15) is 35.7 Å². The SMILES string of the molecule is CCCC(O)CNC(=O)c1cnn(-c2ccccc2C)c1. The number of para-hydroxylation sites is 1. The lowest BCUT2D eigenvalue weighted by atomic mass is 10.2. The van der Waals surface area contributed by atoms with Crippen molar-refractivity contribution >= 4 is 5.91 Å². The fourth-order valence-electron chi connectivity index (χ4n) is 2.14. The van der Waals surface area contributed by atoms with Crippen molar-refractivity contribution in [1.82, 2.24) is 15.1 Å². The fourth-order valence-corrected chi connectivity index (χ4v) is 2.14. The molecule has 5 nitrogen and oxygen atoms in total. The minimum Gasteiger partial charge on any atom is -0.391 e. The second-order valence-electron chi connectivity index (χ2n) is 5.11. The van der Waals surface area contributed by atoms with Gasteiger partial charge >= 0.3 is 0 Å². The van der Waals surface area contributed by atoms with Gasteiger partial charge in [-0.2, -0.15) is 5.10 Å². The normalized spacial score (nSPS) is 12.1. The van der Waals surface area contributed by atoms with E-state index in [0.717, 1.165) is 17.7 Å². The Morgan fingerprint density at radius 3 is 2.90 bits per heavy atom. The first-order valence-electron chi connectivity index (χ1n) is 7.18. The van der Waals surface area contributed by atoms with Crippen LogP contribution in [0.15, 0.2) is 36.7 Å². The fraction of sp³-hybridized carbons (Fsp3) is 0.375. The molecular formula is C16H21N3O2. The molecule has 0 fully saturated rings. The first-order valence-corrected chi connectivity index (χ1v) is 7.18. The van der Waals surface area contributed by atoms with Crippen LogP contribution in [0.2, 0.25) is 0 Å². The van der Waals surface area contributed by atoms with E-state index in [2.05, 4.69) is 10.4 Å². The molecule has 1 unspecified atom stereocenters. The Hall–Kier alpha value is -2.14. The zero-order chi connectivity index (χ0) is 15.2. The minimum absolute atomic E-state index is 0.218. The first-order chi connectivity index (χ1) is 10.1. The molecule has 2 rings (SSSR count). The van der Waals surface area contributed by atoms with Gasteiger partial charge in [0.2, 0.25) is 0 Å². The third-order valence-corrected chi connectivity index (χ3v) is 3.33. The van der Waals surface area contributed by atoms with Crippen molar-refractivity contribution < 1.29 is 9.90 Å². The monoisotopic (exact) mass is 287 g/mol. The Morgan fingerprint density at radius 1 is 1.43 bits per heavy atom. The number of aromatic nitrogens is 2. The number of aliphatic hydroxyl groups is 1. The van der Waals surface area contributed by atoms with Crippen LogP contribution in [0.3, 0.4) is 0 Å². The van der Waals surface area contributed by atoms with Crippen LogP contribution in [-0.2, 0) is 0 Å². The van der Waals surface area contributed by atoms with Crippen molar-refractivity contribution in [3.63, 3.8) is 0 Å². The summed E-state index contributed by atoms with van der Waals surface area (Å²) in [5.41, 5.74) is 2.52. The first kappa shape index (κ1) is 15.3. The zero-order valence-electron chi connectivity index (χ0n) is 12.4. The topological polar surface area (TPSA) is 67.2 Å². The lowest BCUT2D eigenvalue weighted by molar-refractivity contribution is 0.0910. The maximum Gasteiger partial charge on any atom is 0.254 e. The zero-order valence-corrected chi connectivity index (χ0v) is 12.4. The number of hydrogen-bond acceptors (Lipinski definition) is 3. The van der Waals surface area contributed by atoms with Crippen molar-refractivity contribution in [2.45, 2.75) is 32.8 Å². The van der Waals surface area contributed by atoms with Gasteiger partial charge in [-0.15, -0.1) is 0 Å². The number of nitrogens with zero attached hydrogens (tertiary/aromatic N) is 2.